The van der Waals surface area contributed by atoms with Crippen molar-refractivity contribution < 1.29 is 9.90 Å². The average Bonchev–Trinajstić information content (AvgIpc) is 3.02. The van der Waals surface area contributed by atoms with Gasteiger partial charge >= 0.3 is 0 Å². The van der Waals surface area contributed by atoms with Gasteiger partial charge in [0.25, 0.3) is 0 Å². The molecule has 1 amide bonds. The monoisotopic (exact) mass is 392 g/mol. The molecule has 0 saturated carbocycles. The molecule has 1 atom stereocenters. The Hall–Kier alpha value is -1.62. The van der Waals surface area contributed by atoms with E-state index in [2.05, 4.69) is 4.98 Å². The van der Waals surface area contributed by atoms with E-state index in [1.165, 1.54) is 11.1 Å². The number of aliphatic hydroxyl groups is 1. The molecule has 0 aliphatic heterocycles. The third-order valence-electron chi connectivity index (χ3n) is 4.86. The first-order chi connectivity index (χ1) is 12.5. The number of aromatic nitrogens is 1. The number of carbonyl (C=O) groups excluding carboxylic acids is 1. The van der Waals surface area contributed by atoms with Gasteiger partial charge in [0, 0.05) is 30.9 Å². The van der Waals surface area contributed by atoms with Crippen molar-refractivity contribution in [2.45, 2.75) is 32.3 Å². The molecule has 1 aliphatic carbocycles. The van der Waals surface area contributed by atoms with Gasteiger partial charge in [-0.3, -0.25) is 9.78 Å². The number of fused-ring (bicyclic) bond motifs is 1. The SMILES string of the molecule is CCC(=O)N(CC1Cc2cc(Cl)c(Cl)cc2C1)C[C@@H](O)c1cccnc1. The van der Waals surface area contributed by atoms with Crippen LogP contribution >= 0.6 is 23.2 Å². The third kappa shape index (κ3) is 4.37. The molecule has 3 rings (SSSR count). The lowest BCUT2D eigenvalue weighted by molar-refractivity contribution is -0.133. The number of nitrogens with zero attached hydrogens (tertiary/aromatic N) is 2. The molecule has 0 fully saturated rings. The van der Waals surface area contributed by atoms with Crippen LogP contribution < -0.4 is 0 Å². The van der Waals surface area contributed by atoms with E-state index in [0.717, 1.165) is 18.4 Å². The zero-order valence-electron chi connectivity index (χ0n) is 14.7. The first kappa shape index (κ1) is 19.2. The van der Waals surface area contributed by atoms with E-state index in [4.69, 9.17) is 23.2 Å². The third-order valence-corrected chi connectivity index (χ3v) is 5.58. The lowest BCUT2D eigenvalue weighted by Gasteiger charge is -2.28. The predicted molar refractivity (Wildman–Crippen MR) is 103 cm³/mol. The first-order valence-corrected chi connectivity index (χ1v) is 9.56. The number of rotatable bonds is 6. The van der Waals surface area contributed by atoms with Crippen molar-refractivity contribution in [3.05, 3.63) is 63.4 Å². The smallest absolute Gasteiger partial charge is 0.222 e. The predicted octanol–water partition coefficient (Wildman–Crippen LogP) is 4.08. The average molecular weight is 393 g/mol. The molecule has 2 aromatic rings. The summed E-state index contributed by atoms with van der Waals surface area (Å²) in [5.74, 6) is 0.344. The highest BCUT2D eigenvalue weighted by Gasteiger charge is 2.27. The molecule has 1 N–H and O–H groups in total. The normalized spacial score (nSPS) is 14.9. The van der Waals surface area contributed by atoms with E-state index in [9.17, 15) is 9.90 Å². The standard InChI is InChI=1S/C20H22Cl2N2O2/c1-2-20(26)24(12-19(25)14-4-3-5-23-10-14)11-13-6-15-8-17(21)18(22)9-16(15)7-13/h3-5,8-10,13,19,25H,2,6-7,11-12H2,1H3/t19-/m1/s1. The zero-order valence-corrected chi connectivity index (χ0v) is 16.2. The minimum Gasteiger partial charge on any atom is -0.386 e. The van der Waals surface area contributed by atoms with E-state index in [1.807, 2.05) is 25.1 Å². The van der Waals surface area contributed by atoms with Crippen molar-refractivity contribution in [2.24, 2.45) is 5.92 Å². The van der Waals surface area contributed by atoms with Crippen LogP contribution in [0.25, 0.3) is 0 Å². The summed E-state index contributed by atoms with van der Waals surface area (Å²) in [4.78, 5) is 18.2. The fourth-order valence-corrected chi connectivity index (χ4v) is 3.91. The second kappa shape index (κ2) is 8.38. The molecule has 0 saturated heterocycles. The molecule has 0 bridgehead atoms. The van der Waals surface area contributed by atoms with Gasteiger partial charge < -0.3 is 10.0 Å². The van der Waals surface area contributed by atoms with E-state index in [-0.39, 0.29) is 12.5 Å². The maximum Gasteiger partial charge on any atom is 0.222 e. The molecule has 1 aliphatic rings. The minimum atomic E-state index is -0.744. The van der Waals surface area contributed by atoms with E-state index in [0.29, 0.717) is 28.9 Å². The topological polar surface area (TPSA) is 53.4 Å². The molecule has 1 heterocycles. The van der Waals surface area contributed by atoms with Crippen LogP contribution in [0.3, 0.4) is 0 Å². The number of aliphatic hydroxyl groups excluding tert-OH is 1. The summed E-state index contributed by atoms with van der Waals surface area (Å²) in [6.07, 6.45) is 4.70. The van der Waals surface area contributed by atoms with Crippen LogP contribution in [-0.2, 0) is 17.6 Å². The summed E-state index contributed by atoms with van der Waals surface area (Å²) in [6, 6.07) is 7.46. The summed E-state index contributed by atoms with van der Waals surface area (Å²) in [6.45, 7) is 2.72. The van der Waals surface area contributed by atoms with E-state index in [1.54, 1.807) is 23.4 Å². The fraction of sp³-hybridized carbons (Fsp3) is 0.400. The molecule has 0 spiro atoms. The summed E-state index contributed by atoms with van der Waals surface area (Å²) < 4.78 is 0. The van der Waals surface area contributed by atoms with Crippen LogP contribution in [0.5, 0.6) is 0 Å². The Bertz CT molecular complexity index is 752. The maximum atomic E-state index is 12.4. The van der Waals surface area contributed by atoms with Crippen LogP contribution in [-0.4, -0.2) is 34.0 Å². The van der Waals surface area contributed by atoms with Gasteiger partial charge in [0.1, 0.15) is 0 Å². The number of halogens is 2. The number of hydrogen-bond acceptors (Lipinski definition) is 3. The molecule has 1 aromatic carbocycles. The molecule has 6 heteroatoms. The first-order valence-electron chi connectivity index (χ1n) is 8.80. The molecule has 26 heavy (non-hydrogen) atoms. The zero-order chi connectivity index (χ0) is 18.7. The van der Waals surface area contributed by atoms with Crippen LogP contribution in [0.15, 0.2) is 36.7 Å². The van der Waals surface area contributed by atoms with Crippen molar-refractivity contribution in [3.8, 4) is 0 Å². The Morgan fingerprint density at radius 2 is 1.96 bits per heavy atom. The van der Waals surface area contributed by atoms with Gasteiger partial charge in [-0.2, -0.15) is 0 Å². The number of hydrogen-bond donors (Lipinski definition) is 1. The minimum absolute atomic E-state index is 0.0416. The highest BCUT2D eigenvalue weighted by molar-refractivity contribution is 6.42. The lowest BCUT2D eigenvalue weighted by Crippen LogP contribution is -2.38. The van der Waals surface area contributed by atoms with Gasteiger partial charge in [0.05, 0.1) is 22.7 Å². The summed E-state index contributed by atoms with van der Waals surface area (Å²) in [5, 5.41) is 11.6. The van der Waals surface area contributed by atoms with Gasteiger partial charge in [0.2, 0.25) is 5.91 Å². The van der Waals surface area contributed by atoms with Crippen molar-refractivity contribution in [1.82, 2.24) is 9.88 Å². The van der Waals surface area contributed by atoms with E-state index >= 15 is 0 Å². The maximum absolute atomic E-state index is 12.4. The molecule has 4 nitrogen and oxygen atoms in total. The van der Waals surface area contributed by atoms with Gasteiger partial charge in [-0.05, 0) is 48.1 Å². The number of benzene rings is 1. The fourth-order valence-electron chi connectivity index (χ4n) is 3.53. The van der Waals surface area contributed by atoms with Crippen molar-refractivity contribution in [2.75, 3.05) is 13.1 Å². The summed E-state index contributed by atoms with van der Waals surface area (Å²) in [5.41, 5.74) is 3.11. The Kier molecular flexibility index (Phi) is 6.17. The number of pyridine rings is 1. The second-order valence-corrected chi connectivity index (χ2v) is 7.58. The Labute approximate surface area is 163 Å². The molecule has 0 unspecified atom stereocenters. The molecule has 0 radical (unpaired) electrons. The van der Waals surface area contributed by atoms with Crippen molar-refractivity contribution >= 4 is 29.1 Å². The Morgan fingerprint density at radius 1 is 1.31 bits per heavy atom. The van der Waals surface area contributed by atoms with Crippen molar-refractivity contribution in [3.63, 3.8) is 0 Å². The molecular weight excluding hydrogens is 371 g/mol. The number of amides is 1. The van der Waals surface area contributed by atoms with Gasteiger partial charge in [-0.25, -0.2) is 0 Å². The Balaban J connectivity index is 1.69. The Morgan fingerprint density at radius 3 is 2.50 bits per heavy atom. The number of carbonyl (C=O) groups is 1. The highest BCUT2D eigenvalue weighted by Crippen LogP contribution is 2.34. The molecular formula is C20H22Cl2N2O2. The summed E-state index contributed by atoms with van der Waals surface area (Å²) >= 11 is 12.2. The van der Waals surface area contributed by atoms with Crippen molar-refractivity contribution in [1.29, 1.82) is 0 Å². The van der Waals surface area contributed by atoms with Crippen LogP contribution in [0.1, 0.15) is 36.1 Å². The lowest BCUT2D eigenvalue weighted by atomic mass is 10.0. The summed E-state index contributed by atoms with van der Waals surface area (Å²) in [7, 11) is 0. The van der Waals surface area contributed by atoms with Crippen LogP contribution in [0.4, 0.5) is 0 Å². The highest BCUT2D eigenvalue weighted by atomic mass is 35.5. The van der Waals surface area contributed by atoms with Gasteiger partial charge in [-0.15, -0.1) is 0 Å². The largest absolute Gasteiger partial charge is 0.386 e. The van der Waals surface area contributed by atoms with Gasteiger partial charge in [0.15, 0.2) is 0 Å². The van der Waals surface area contributed by atoms with Crippen LogP contribution in [0.2, 0.25) is 10.0 Å². The molecule has 1 aromatic heterocycles. The second-order valence-electron chi connectivity index (χ2n) is 6.76. The molecule has 138 valence electrons. The van der Waals surface area contributed by atoms with Gasteiger partial charge in [-0.1, -0.05) is 36.2 Å². The van der Waals surface area contributed by atoms with E-state index < -0.39 is 6.10 Å². The quantitative estimate of drug-likeness (QED) is 0.805. The van der Waals surface area contributed by atoms with Crippen LogP contribution in [0, 0.1) is 5.92 Å².